The maximum Gasteiger partial charge on any atom is 0.0516 e. The van der Waals surface area contributed by atoms with Crippen LogP contribution in [0.5, 0.6) is 0 Å². The van der Waals surface area contributed by atoms with E-state index in [4.69, 9.17) is 0 Å². The van der Waals surface area contributed by atoms with Gasteiger partial charge in [0.2, 0.25) is 0 Å². The monoisotopic (exact) mass is 329 g/mol. The van der Waals surface area contributed by atoms with E-state index in [-0.39, 0.29) is 0 Å². The smallest absolute Gasteiger partial charge is 0.0516 e. The first-order chi connectivity index (χ1) is 3.41. The van der Waals surface area contributed by atoms with Crippen molar-refractivity contribution < 1.29 is 0 Å². The highest BCUT2D eigenvalue weighted by Crippen LogP contribution is 1.86. The highest BCUT2D eigenvalue weighted by molar-refractivity contribution is 14.2. The van der Waals surface area contributed by atoms with Gasteiger partial charge in [-0.2, -0.15) is 0 Å². The highest BCUT2D eigenvalue weighted by Gasteiger charge is 1.40. The van der Waals surface area contributed by atoms with Crippen molar-refractivity contribution in [2.75, 3.05) is 9.48 Å². The van der Waals surface area contributed by atoms with Gasteiger partial charge in [0, 0.05) is 0 Å². The fourth-order valence-corrected chi connectivity index (χ4v) is 0. The fourth-order valence-electron chi connectivity index (χ4n) is 0. The van der Waals surface area contributed by atoms with Gasteiger partial charge in [-0.3, -0.25) is 0 Å². The average Bonchev–Trinajstić information content (AvgIpc) is 1.78. The SMILES string of the molecule is CC.CN.ICI. The van der Waals surface area contributed by atoms with Gasteiger partial charge in [-0.25, -0.2) is 0 Å². The van der Waals surface area contributed by atoms with Gasteiger partial charge in [0.25, 0.3) is 0 Å². The Morgan fingerprint density at radius 1 is 1.14 bits per heavy atom. The van der Waals surface area contributed by atoms with Crippen LogP contribution in [0, 0.1) is 0 Å². The molecule has 0 aromatic heterocycles. The van der Waals surface area contributed by atoms with Crippen LogP contribution in [0.15, 0.2) is 0 Å². The normalized spacial score (nSPS) is 4.29. The van der Waals surface area contributed by atoms with Gasteiger partial charge in [-0.05, 0) is 7.05 Å². The van der Waals surface area contributed by atoms with Crippen molar-refractivity contribution in [3.63, 3.8) is 0 Å². The van der Waals surface area contributed by atoms with Crippen LogP contribution in [0.3, 0.4) is 0 Å². The average molecular weight is 329 g/mol. The summed E-state index contributed by atoms with van der Waals surface area (Å²) >= 11 is 4.55. The predicted octanol–water partition coefficient (Wildman–Crippen LogP) is 2.42. The van der Waals surface area contributed by atoms with Crippen molar-refractivity contribution >= 4 is 45.2 Å². The summed E-state index contributed by atoms with van der Waals surface area (Å²) in [6.45, 7) is 4.00. The summed E-state index contributed by atoms with van der Waals surface area (Å²) in [4.78, 5) is 0. The summed E-state index contributed by atoms with van der Waals surface area (Å²) in [5.41, 5.74) is 4.50. The lowest BCUT2D eigenvalue weighted by Crippen LogP contribution is -1.69. The molecule has 0 aliphatic rings. The molecule has 7 heavy (non-hydrogen) atoms. The van der Waals surface area contributed by atoms with Crippen LogP contribution in [0.2, 0.25) is 0 Å². The van der Waals surface area contributed by atoms with Gasteiger partial charge in [0.05, 0.1) is 2.43 Å². The zero-order valence-corrected chi connectivity index (χ0v) is 9.36. The Labute approximate surface area is 73.7 Å². The van der Waals surface area contributed by atoms with Gasteiger partial charge in [-0.15, -0.1) is 0 Å². The van der Waals surface area contributed by atoms with Crippen LogP contribution < -0.4 is 5.73 Å². The molecule has 0 radical (unpaired) electrons. The van der Waals surface area contributed by atoms with Crippen molar-refractivity contribution in [3.05, 3.63) is 0 Å². The van der Waals surface area contributed by atoms with Crippen molar-refractivity contribution in [1.29, 1.82) is 0 Å². The van der Waals surface area contributed by atoms with Gasteiger partial charge >= 0.3 is 0 Å². The van der Waals surface area contributed by atoms with Crippen LogP contribution >= 0.6 is 45.2 Å². The third-order valence-electron chi connectivity index (χ3n) is 0. The van der Waals surface area contributed by atoms with Crippen LogP contribution in [-0.2, 0) is 0 Å². The molecule has 0 spiro atoms. The first kappa shape index (κ1) is 15.8. The van der Waals surface area contributed by atoms with E-state index in [1.807, 2.05) is 13.8 Å². The fraction of sp³-hybridized carbons (Fsp3) is 1.00. The highest BCUT2D eigenvalue weighted by atomic mass is 127. The molecule has 0 fully saturated rings. The lowest BCUT2D eigenvalue weighted by atomic mass is 11.0. The molecule has 0 saturated heterocycles. The van der Waals surface area contributed by atoms with E-state index in [2.05, 4.69) is 50.9 Å². The van der Waals surface area contributed by atoms with Crippen LogP contribution in [0.25, 0.3) is 0 Å². The Kier molecular flexibility index (Phi) is 118. The summed E-state index contributed by atoms with van der Waals surface area (Å²) < 4.78 is 1.19. The standard InChI is InChI=1S/C2H6.CH2I2.CH5N/c1-2;2-1-3;1-2/h1-2H3;1H2;2H2,1H3. The van der Waals surface area contributed by atoms with Gasteiger partial charge in [0.15, 0.2) is 0 Å². The molecule has 0 atom stereocenters. The van der Waals surface area contributed by atoms with E-state index in [9.17, 15) is 0 Å². The van der Waals surface area contributed by atoms with E-state index in [1.165, 1.54) is 9.48 Å². The number of rotatable bonds is 0. The van der Waals surface area contributed by atoms with Crippen molar-refractivity contribution in [1.82, 2.24) is 0 Å². The maximum absolute atomic E-state index is 4.50. The van der Waals surface area contributed by atoms with Crippen molar-refractivity contribution in [2.45, 2.75) is 13.8 Å². The molecule has 0 amide bonds. The van der Waals surface area contributed by atoms with E-state index >= 15 is 0 Å². The molecule has 0 aliphatic heterocycles. The molecule has 3 heteroatoms. The Morgan fingerprint density at radius 3 is 1.14 bits per heavy atom. The van der Waals surface area contributed by atoms with E-state index in [0.717, 1.165) is 0 Å². The number of alkyl halides is 2. The minimum absolute atomic E-state index is 1.19. The van der Waals surface area contributed by atoms with Gasteiger partial charge in [0.1, 0.15) is 0 Å². The molecule has 2 N–H and O–H groups in total. The molecular weight excluding hydrogens is 316 g/mol. The third kappa shape index (κ3) is 108. The Bertz CT molecular complexity index is 9.65. The summed E-state index contributed by atoms with van der Waals surface area (Å²) in [5.74, 6) is 0. The van der Waals surface area contributed by atoms with Gasteiger partial charge < -0.3 is 5.73 Å². The second kappa shape index (κ2) is 52.2. The van der Waals surface area contributed by atoms with E-state index < -0.39 is 0 Å². The summed E-state index contributed by atoms with van der Waals surface area (Å²) in [6.07, 6.45) is 0. The Balaban J connectivity index is -0.0000000360. The quantitative estimate of drug-likeness (QED) is 0.536. The van der Waals surface area contributed by atoms with E-state index in [0.29, 0.717) is 0 Å². The van der Waals surface area contributed by atoms with Crippen molar-refractivity contribution in [3.8, 4) is 0 Å². The second-order valence-electron chi connectivity index (χ2n) is 0.101. The Hall–Kier alpha value is 1.42. The molecule has 1 nitrogen and oxygen atoms in total. The molecule has 0 heterocycles. The lowest BCUT2D eigenvalue weighted by Gasteiger charge is -1.43. The maximum atomic E-state index is 4.50. The Morgan fingerprint density at radius 2 is 1.14 bits per heavy atom. The zero-order valence-electron chi connectivity index (χ0n) is 5.04. The zero-order chi connectivity index (χ0) is 6.71. The van der Waals surface area contributed by atoms with Crippen molar-refractivity contribution in [2.24, 2.45) is 5.73 Å². The molecule has 0 bridgehead atoms. The van der Waals surface area contributed by atoms with Crippen LogP contribution in [0.1, 0.15) is 13.8 Å². The lowest BCUT2D eigenvalue weighted by molar-refractivity contribution is 1.48. The first-order valence-electron chi connectivity index (χ1n) is 2.11. The molecule has 0 aromatic rings. The number of nitrogens with two attached hydrogens (primary N) is 1. The topological polar surface area (TPSA) is 26.0 Å². The number of hydrogen-bond donors (Lipinski definition) is 1. The number of hydrogen-bond acceptors (Lipinski definition) is 1. The van der Waals surface area contributed by atoms with Crippen LogP contribution in [0.4, 0.5) is 0 Å². The number of halogens is 2. The minimum atomic E-state index is 1.19. The predicted molar refractivity (Wildman–Crippen MR) is 54.4 cm³/mol. The van der Waals surface area contributed by atoms with E-state index in [1.54, 1.807) is 0 Å². The molecule has 0 saturated carbocycles. The largest absolute Gasteiger partial charge is 0.333 e. The molecule has 0 unspecified atom stereocenters. The molecular formula is C4H13I2N. The molecule has 0 aliphatic carbocycles. The summed E-state index contributed by atoms with van der Waals surface area (Å²) in [7, 11) is 1.50. The molecule has 0 rings (SSSR count). The van der Waals surface area contributed by atoms with Gasteiger partial charge in [-0.1, -0.05) is 59.0 Å². The minimum Gasteiger partial charge on any atom is -0.333 e. The van der Waals surface area contributed by atoms with Crippen LogP contribution in [-0.4, -0.2) is 9.48 Å². The molecule has 48 valence electrons. The summed E-state index contributed by atoms with van der Waals surface area (Å²) in [6, 6.07) is 0. The molecule has 0 aromatic carbocycles. The second-order valence-corrected chi connectivity index (χ2v) is 4.55. The first-order valence-corrected chi connectivity index (χ1v) is 5.16. The third-order valence-corrected chi connectivity index (χ3v) is 0. The summed E-state index contributed by atoms with van der Waals surface area (Å²) in [5, 5.41) is 0.